The number of aromatic nitrogens is 1. The summed E-state index contributed by atoms with van der Waals surface area (Å²) in [6, 6.07) is 12.7. The van der Waals surface area contributed by atoms with Crippen molar-refractivity contribution in [3.05, 3.63) is 59.5 Å². The molecule has 0 aliphatic heterocycles. The molecule has 3 rings (SSSR count). The number of nitrogens with one attached hydrogen (secondary N) is 1. The molecule has 0 aliphatic carbocycles. The van der Waals surface area contributed by atoms with Crippen LogP contribution in [-0.4, -0.2) is 18.0 Å². The zero-order valence-corrected chi connectivity index (χ0v) is 12.4. The predicted molar refractivity (Wildman–Crippen MR) is 83.9 cm³/mol. The van der Waals surface area contributed by atoms with Crippen LogP contribution in [0, 0.1) is 6.92 Å². The summed E-state index contributed by atoms with van der Waals surface area (Å²) < 4.78 is 10.5. The van der Waals surface area contributed by atoms with Crippen LogP contribution >= 0.6 is 0 Å². The summed E-state index contributed by atoms with van der Waals surface area (Å²) in [6.45, 7) is 2.32. The second kappa shape index (κ2) is 5.99. The fourth-order valence-electron chi connectivity index (χ4n) is 2.24. The number of hydrogen-bond acceptors (Lipinski definition) is 4. The Kier molecular flexibility index (Phi) is 3.89. The van der Waals surface area contributed by atoms with Crippen LogP contribution in [0.15, 0.2) is 46.9 Å². The van der Waals surface area contributed by atoms with Crippen LogP contribution < -0.4 is 5.32 Å². The molecule has 1 N–H and O–H groups in total. The number of anilines is 1. The van der Waals surface area contributed by atoms with Crippen molar-refractivity contribution in [1.82, 2.24) is 4.98 Å². The van der Waals surface area contributed by atoms with Crippen molar-refractivity contribution in [2.45, 2.75) is 13.5 Å². The predicted octanol–water partition coefficient (Wildman–Crippen LogP) is 3.53. The lowest BCUT2D eigenvalue weighted by atomic mass is 10.1. The zero-order chi connectivity index (χ0) is 15.5. The van der Waals surface area contributed by atoms with Gasteiger partial charge >= 0.3 is 0 Å². The standard InChI is InChI=1S/C17H16N2O3/c1-11-18-15-9-14(7-8-16(15)22-11)19-17(20)13-5-3-12(4-6-13)10-21-2/h3-9H,10H2,1-2H3,(H,19,20). The second-order valence-corrected chi connectivity index (χ2v) is 5.00. The number of methoxy groups -OCH3 is 1. The molecule has 0 spiro atoms. The first-order chi connectivity index (χ1) is 10.7. The Balaban J connectivity index is 1.76. The molecule has 0 saturated carbocycles. The Labute approximate surface area is 127 Å². The normalized spacial score (nSPS) is 10.8. The van der Waals surface area contributed by atoms with Crippen LogP contribution in [0.3, 0.4) is 0 Å². The molecule has 0 saturated heterocycles. The van der Waals surface area contributed by atoms with Gasteiger partial charge in [0.1, 0.15) is 5.52 Å². The smallest absolute Gasteiger partial charge is 0.255 e. The van der Waals surface area contributed by atoms with Gasteiger partial charge in [0.2, 0.25) is 0 Å². The molecule has 0 unspecified atom stereocenters. The second-order valence-electron chi connectivity index (χ2n) is 5.00. The first-order valence-corrected chi connectivity index (χ1v) is 6.92. The van der Waals surface area contributed by atoms with Crippen LogP contribution in [-0.2, 0) is 11.3 Å². The molecule has 112 valence electrons. The van der Waals surface area contributed by atoms with Crippen LogP contribution in [0.1, 0.15) is 21.8 Å². The number of rotatable bonds is 4. The lowest BCUT2D eigenvalue weighted by molar-refractivity contribution is 0.102. The van der Waals surface area contributed by atoms with Gasteiger partial charge in [-0.3, -0.25) is 4.79 Å². The van der Waals surface area contributed by atoms with Gasteiger partial charge in [-0.15, -0.1) is 0 Å². The number of hydrogen-bond donors (Lipinski definition) is 1. The van der Waals surface area contributed by atoms with Crippen molar-refractivity contribution < 1.29 is 13.9 Å². The van der Waals surface area contributed by atoms with E-state index in [1.807, 2.05) is 12.1 Å². The van der Waals surface area contributed by atoms with Crippen molar-refractivity contribution >= 4 is 22.7 Å². The molecule has 1 amide bonds. The maximum absolute atomic E-state index is 12.2. The van der Waals surface area contributed by atoms with Gasteiger partial charge in [0, 0.05) is 25.3 Å². The zero-order valence-electron chi connectivity index (χ0n) is 12.4. The Hall–Kier alpha value is -2.66. The minimum atomic E-state index is -0.163. The number of benzene rings is 2. The molecule has 2 aromatic carbocycles. The van der Waals surface area contributed by atoms with Gasteiger partial charge in [-0.05, 0) is 35.9 Å². The summed E-state index contributed by atoms with van der Waals surface area (Å²) in [7, 11) is 1.64. The van der Waals surface area contributed by atoms with Gasteiger partial charge in [0.05, 0.1) is 6.61 Å². The number of fused-ring (bicyclic) bond motifs is 1. The largest absolute Gasteiger partial charge is 0.441 e. The molecule has 5 nitrogen and oxygen atoms in total. The molecule has 1 aromatic heterocycles. The third-order valence-electron chi connectivity index (χ3n) is 3.28. The number of amides is 1. The fraction of sp³-hybridized carbons (Fsp3) is 0.176. The SMILES string of the molecule is COCc1ccc(C(=O)Nc2ccc3oc(C)nc3c2)cc1. The van der Waals surface area contributed by atoms with Gasteiger partial charge in [0.25, 0.3) is 5.91 Å². The highest BCUT2D eigenvalue weighted by atomic mass is 16.5. The number of carbonyl (C=O) groups is 1. The number of ether oxygens (including phenoxy) is 1. The molecule has 1 heterocycles. The summed E-state index contributed by atoms with van der Waals surface area (Å²) in [5.74, 6) is 0.441. The Morgan fingerprint density at radius 3 is 2.73 bits per heavy atom. The van der Waals surface area contributed by atoms with E-state index in [1.165, 1.54) is 0 Å². The summed E-state index contributed by atoms with van der Waals surface area (Å²) in [5, 5.41) is 2.86. The van der Waals surface area contributed by atoms with E-state index in [0.717, 1.165) is 11.1 Å². The third-order valence-corrected chi connectivity index (χ3v) is 3.28. The van der Waals surface area contributed by atoms with Crippen LogP contribution in [0.5, 0.6) is 0 Å². The lowest BCUT2D eigenvalue weighted by Gasteiger charge is -2.06. The highest BCUT2D eigenvalue weighted by molar-refractivity contribution is 6.04. The average molecular weight is 296 g/mol. The van der Waals surface area contributed by atoms with E-state index < -0.39 is 0 Å². The van der Waals surface area contributed by atoms with E-state index in [0.29, 0.717) is 29.3 Å². The fourth-order valence-corrected chi connectivity index (χ4v) is 2.24. The Morgan fingerprint density at radius 2 is 2.00 bits per heavy atom. The average Bonchev–Trinajstić information content (AvgIpc) is 2.87. The number of oxazole rings is 1. The van der Waals surface area contributed by atoms with Gasteiger partial charge in [-0.1, -0.05) is 12.1 Å². The number of aryl methyl sites for hydroxylation is 1. The van der Waals surface area contributed by atoms with Crippen molar-refractivity contribution in [1.29, 1.82) is 0 Å². The van der Waals surface area contributed by atoms with E-state index in [1.54, 1.807) is 44.4 Å². The lowest BCUT2D eigenvalue weighted by Crippen LogP contribution is -2.11. The maximum atomic E-state index is 12.2. The Bertz CT molecular complexity index is 806. The number of nitrogens with zero attached hydrogens (tertiary/aromatic N) is 1. The van der Waals surface area contributed by atoms with Crippen LogP contribution in [0.25, 0.3) is 11.1 Å². The molecule has 0 bridgehead atoms. The summed E-state index contributed by atoms with van der Waals surface area (Å²) >= 11 is 0. The molecular formula is C17H16N2O3. The maximum Gasteiger partial charge on any atom is 0.255 e. The molecule has 22 heavy (non-hydrogen) atoms. The molecule has 0 fully saturated rings. The molecule has 5 heteroatoms. The van der Waals surface area contributed by atoms with Gasteiger partial charge in [-0.25, -0.2) is 4.98 Å². The van der Waals surface area contributed by atoms with Gasteiger partial charge in [0.15, 0.2) is 11.5 Å². The molecule has 3 aromatic rings. The summed E-state index contributed by atoms with van der Waals surface area (Å²) in [6.07, 6.45) is 0. The summed E-state index contributed by atoms with van der Waals surface area (Å²) in [4.78, 5) is 16.5. The van der Waals surface area contributed by atoms with E-state index in [9.17, 15) is 4.79 Å². The minimum absolute atomic E-state index is 0.163. The Morgan fingerprint density at radius 1 is 1.23 bits per heavy atom. The van der Waals surface area contributed by atoms with E-state index in [4.69, 9.17) is 9.15 Å². The molecule has 0 radical (unpaired) electrons. The van der Waals surface area contributed by atoms with Crippen molar-refractivity contribution in [2.75, 3.05) is 12.4 Å². The quantitative estimate of drug-likeness (QED) is 0.800. The molecule has 0 atom stereocenters. The highest BCUT2D eigenvalue weighted by Gasteiger charge is 2.08. The highest BCUT2D eigenvalue weighted by Crippen LogP contribution is 2.20. The topological polar surface area (TPSA) is 64.4 Å². The first kappa shape index (κ1) is 14.3. The van der Waals surface area contributed by atoms with E-state index in [2.05, 4.69) is 10.3 Å². The van der Waals surface area contributed by atoms with Crippen molar-refractivity contribution in [2.24, 2.45) is 0 Å². The van der Waals surface area contributed by atoms with Crippen molar-refractivity contribution in [3.8, 4) is 0 Å². The summed E-state index contributed by atoms with van der Waals surface area (Å²) in [5.41, 5.74) is 3.74. The van der Waals surface area contributed by atoms with E-state index in [-0.39, 0.29) is 5.91 Å². The van der Waals surface area contributed by atoms with E-state index >= 15 is 0 Å². The van der Waals surface area contributed by atoms with Crippen molar-refractivity contribution in [3.63, 3.8) is 0 Å². The van der Waals surface area contributed by atoms with Crippen LogP contribution in [0.2, 0.25) is 0 Å². The van der Waals surface area contributed by atoms with Gasteiger partial charge in [-0.2, -0.15) is 0 Å². The minimum Gasteiger partial charge on any atom is -0.441 e. The first-order valence-electron chi connectivity index (χ1n) is 6.92. The monoisotopic (exact) mass is 296 g/mol. The van der Waals surface area contributed by atoms with Gasteiger partial charge < -0.3 is 14.5 Å². The number of carbonyl (C=O) groups excluding carboxylic acids is 1. The third kappa shape index (κ3) is 2.99. The van der Waals surface area contributed by atoms with Crippen LogP contribution in [0.4, 0.5) is 5.69 Å². The molecular weight excluding hydrogens is 280 g/mol. The molecule has 0 aliphatic rings.